The Bertz CT molecular complexity index is 480. The van der Waals surface area contributed by atoms with Crippen LogP contribution in [0.25, 0.3) is 0 Å². The predicted molar refractivity (Wildman–Crippen MR) is 103 cm³/mol. The number of hydrogen-bond donors (Lipinski definition) is 3. The summed E-state index contributed by atoms with van der Waals surface area (Å²) in [5, 5.41) is 8.13. The second-order valence-corrected chi connectivity index (χ2v) is 8.18. The third-order valence-corrected chi connectivity index (χ3v) is 4.63. The first-order valence-corrected chi connectivity index (χ1v) is 9.78. The summed E-state index contributed by atoms with van der Waals surface area (Å²) in [5.41, 5.74) is -0.392. The zero-order chi connectivity index (χ0) is 19.7. The van der Waals surface area contributed by atoms with Gasteiger partial charge in [0.15, 0.2) is 0 Å². The highest BCUT2D eigenvalue weighted by atomic mass is 16.2. The Hall–Kier alpha value is -1.63. The van der Waals surface area contributed by atoms with E-state index in [0.29, 0.717) is 13.1 Å². The SMILES string of the molecule is CCCCCNC(=O)C1CCN(C(C)C(=O)NC(=O)NC(C)(C)C)CC1. The Balaban J connectivity index is 2.36. The molecule has 1 aliphatic rings. The van der Waals surface area contributed by atoms with Gasteiger partial charge in [0.05, 0.1) is 6.04 Å². The molecule has 4 amide bonds. The fraction of sp³-hybridized carbons (Fsp3) is 0.842. The summed E-state index contributed by atoms with van der Waals surface area (Å²) in [4.78, 5) is 38.3. The number of unbranched alkanes of at least 4 members (excludes halogenated alkanes) is 2. The van der Waals surface area contributed by atoms with Crippen molar-refractivity contribution in [3.63, 3.8) is 0 Å². The first-order chi connectivity index (χ1) is 12.1. The normalized spacial score (nSPS) is 17.4. The molecule has 0 saturated carbocycles. The molecule has 0 aromatic heterocycles. The number of carbonyl (C=O) groups excluding carboxylic acids is 3. The Morgan fingerprint density at radius 3 is 2.27 bits per heavy atom. The van der Waals surface area contributed by atoms with Gasteiger partial charge in [0.25, 0.3) is 0 Å². The molecule has 1 saturated heterocycles. The fourth-order valence-electron chi connectivity index (χ4n) is 3.03. The number of rotatable bonds is 7. The van der Waals surface area contributed by atoms with Gasteiger partial charge in [-0.25, -0.2) is 4.79 Å². The maximum atomic E-state index is 12.3. The summed E-state index contributed by atoms with van der Waals surface area (Å²) in [7, 11) is 0. The minimum atomic E-state index is -0.476. The van der Waals surface area contributed by atoms with Crippen molar-refractivity contribution in [1.29, 1.82) is 0 Å². The molecular formula is C19H36N4O3. The fourth-order valence-corrected chi connectivity index (χ4v) is 3.03. The summed E-state index contributed by atoms with van der Waals surface area (Å²) >= 11 is 0. The van der Waals surface area contributed by atoms with Crippen LogP contribution >= 0.6 is 0 Å². The van der Waals surface area contributed by atoms with Crippen LogP contribution in [-0.4, -0.2) is 54.0 Å². The van der Waals surface area contributed by atoms with Crippen molar-refractivity contribution in [2.45, 2.75) is 78.3 Å². The minimum absolute atomic E-state index is 0.0207. The molecule has 0 bridgehead atoms. The number of likely N-dealkylation sites (tertiary alicyclic amines) is 1. The second-order valence-electron chi connectivity index (χ2n) is 8.18. The van der Waals surface area contributed by atoms with Crippen molar-refractivity contribution >= 4 is 17.8 Å². The molecule has 1 unspecified atom stereocenters. The molecule has 0 radical (unpaired) electrons. The molecule has 1 heterocycles. The minimum Gasteiger partial charge on any atom is -0.356 e. The molecule has 0 aromatic carbocycles. The van der Waals surface area contributed by atoms with Crippen LogP contribution in [0.1, 0.15) is 66.7 Å². The number of nitrogens with zero attached hydrogens (tertiary/aromatic N) is 1. The van der Waals surface area contributed by atoms with Crippen LogP contribution in [0.4, 0.5) is 4.79 Å². The highest BCUT2D eigenvalue weighted by Crippen LogP contribution is 2.19. The van der Waals surface area contributed by atoms with E-state index in [0.717, 1.165) is 38.6 Å². The van der Waals surface area contributed by atoms with Gasteiger partial charge in [0, 0.05) is 18.0 Å². The van der Waals surface area contributed by atoms with Crippen LogP contribution in [0, 0.1) is 5.92 Å². The van der Waals surface area contributed by atoms with Gasteiger partial charge >= 0.3 is 6.03 Å². The average Bonchev–Trinajstić information content (AvgIpc) is 2.56. The highest BCUT2D eigenvalue weighted by molar-refractivity contribution is 5.97. The predicted octanol–water partition coefficient (Wildman–Crippen LogP) is 2.02. The van der Waals surface area contributed by atoms with Crippen LogP contribution in [0.15, 0.2) is 0 Å². The molecule has 7 heteroatoms. The van der Waals surface area contributed by atoms with E-state index in [1.807, 2.05) is 25.7 Å². The zero-order valence-electron chi connectivity index (χ0n) is 17.0. The molecule has 1 atom stereocenters. The highest BCUT2D eigenvalue weighted by Gasteiger charge is 2.30. The van der Waals surface area contributed by atoms with Crippen molar-refractivity contribution < 1.29 is 14.4 Å². The topological polar surface area (TPSA) is 90.5 Å². The van der Waals surface area contributed by atoms with Crippen molar-refractivity contribution in [2.75, 3.05) is 19.6 Å². The van der Waals surface area contributed by atoms with Crippen molar-refractivity contribution in [3.8, 4) is 0 Å². The van der Waals surface area contributed by atoms with E-state index < -0.39 is 17.6 Å². The quantitative estimate of drug-likeness (QED) is 0.600. The van der Waals surface area contributed by atoms with Crippen molar-refractivity contribution in [2.24, 2.45) is 5.92 Å². The third-order valence-electron chi connectivity index (χ3n) is 4.63. The first-order valence-electron chi connectivity index (χ1n) is 9.78. The number of piperidine rings is 1. The Morgan fingerprint density at radius 1 is 1.12 bits per heavy atom. The summed E-state index contributed by atoms with van der Waals surface area (Å²) in [6, 6.07) is -0.870. The van der Waals surface area contributed by atoms with Crippen LogP contribution in [0.2, 0.25) is 0 Å². The van der Waals surface area contributed by atoms with E-state index in [9.17, 15) is 14.4 Å². The van der Waals surface area contributed by atoms with E-state index in [1.54, 1.807) is 6.92 Å². The molecule has 0 aromatic rings. The largest absolute Gasteiger partial charge is 0.356 e. The van der Waals surface area contributed by atoms with Crippen LogP contribution in [0.5, 0.6) is 0 Å². The second kappa shape index (κ2) is 10.5. The number of hydrogen-bond acceptors (Lipinski definition) is 4. The van der Waals surface area contributed by atoms with E-state index in [1.165, 1.54) is 0 Å². The standard InChI is InChI=1S/C19H36N4O3/c1-6-7-8-11-20-17(25)15-9-12-23(13-10-15)14(2)16(24)21-18(26)22-19(3,4)5/h14-15H,6-13H2,1-5H3,(H,20,25)(H2,21,22,24,26). The Kier molecular flexibility index (Phi) is 9.05. The Morgan fingerprint density at radius 2 is 1.73 bits per heavy atom. The zero-order valence-corrected chi connectivity index (χ0v) is 17.0. The van der Waals surface area contributed by atoms with Gasteiger partial charge in [-0.15, -0.1) is 0 Å². The average molecular weight is 369 g/mol. The first kappa shape index (κ1) is 22.4. The van der Waals surface area contributed by atoms with Crippen molar-refractivity contribution in [3.05, 3.63) is 0 Å². The van der Waals surface area contributed by atoms with Gasteiger partial charge in [-0.3, -0.25) is 19.8 Å². The molecule has 1 aliphatic heterocycles. The number of amides is 4. The van der Waals surface area contributed by atoms with Gasteiger partial charge in [-0.2, -0.15) is 0 Å². The maximum absolute atomic E-state index is 12.3. The molecule has 150 valence electrons. The summed E-state index contributed by atoms with van der Waals surface area (Å²) in [6.07, 6.45) is 4.78. The number of nitrogens with one attached hydrogen (secondary N) is 3. The van der Waals surface area contributed by atoms with Crippen LogP contribution in [-0.2, 0) is 9.59 Å². The van der Waals surface area contributed by atoms with E-state index >= 15 is 0 Å². The van der Waals surface area contributed by atoms with Crippen LogP contribution in [0.3, 0.4) is 0 Å². The van der Waals surface area contributed by atoms with Gasteiger partial charge in [0.1, 0.15) is 0 Å². The molecule has 26 heavy (non-hydrogen) atoms. The Labute approximate surface area is 157 Å². The van der Waals surface area contributed by atoms with E-state index in [4.69, 9.17) is 0 Å². The van der Waals surface area contributed by atoms with E-state index in [-0.39, 0.29) is 17.7 Å². The van der Waals surface area contributed by atoms with Crippen molar-refractivity contribution in [1.82, 2.24) is 20.9 Å². The molecular weight excluding hydrogens is 332 g/mol. The molecule has 0 spiro atoms. The monoisotopic (exact) mass is 368 g/mol. The van der Waals surface area contributed by atoms with Crippen LogP contribution < -0.4 is 16.0 Å². The lowest BCUT2D eigenvalue weighted by Crippen LogP contribution is -2.54. The summed E-state index contributed by atoms with van der Waals surface area (Å²) in [5.74, 6) is -0.163. The number of imide groups is 1. The molecule has 3 N–H and O–H groups in total. The molecule has 7 nitrogen and oxygen atoms in total. The lowest BCUT2D eigenvalue weighted by Gasteiger charge is -2.34. The van der Waals surface area contributed by atoms with Gasteiger partial charge in [-0.05, 0) is 60.0 Å². The third kappa shape index (κ3) is 8.17. The molecule has 1 fully saturated rings. The van der Waals surface area contributed by atoms with Gasteiger partial charge in [0.2, 0.25) is 11.8 Å². The summed E-state index contributed by atoms with van der Waals surface area (Å²) in [6.45, 7) is 11.6. The van der Waals surface area contributed by atoms with Gasteiger partial charge in [-0.1, -0.05) is 19.8 Å². The van der Waals surface area contributed by atoms with Gasteiger partial charge < -0.3 is 10.6 Å². The lowest BCUT2D eigenvalue weighted by molar-refractivity contribution is -0.128. The number of urea groups is 1. The lowest BCUT2D eigenvalue weighted by atomic mass is 9.95. The molecule has 0 aliphatic carbocycles. The molecule has 1 rings (SSSR count). The van der Waals surface area contributed by atoms with E-state index in [2.05, 4.69) is 22.9 Å². The summed E-state index contributed by atoms with van der Waals surface area (Å²) < 4.78 is 0. The smallest absolute Gasteiger partial charge is 0.321 e. The number of carbonyl (C=O) groups is 3. The maximum Gasteiger partial charge on any atom is 0.321 e.